The summed E-state index contributed by atoms with van der Waals surface area (Å²) in [5, 5.41) is 3.70. The lowest BCUT2D eigenvalue weighted by atomic mass is 10.2. The highest BCUT2D eigenvalue weighted by atomic mass is 79.9. The number of nitrogens with zero attached hydrogens (tertiary/aromatic N) is 1. The molecule has 112 valence electrons. The molecule has 0 atom stereocenters. The smallest absolute Gasteiger partial charge is 0.253 e. The van der Waals surface area contributed by atoms with Gasteiger partial charge in [-0.3, -0.25) is 4.79 Å². The largest absolute Gasteiger partial charge is 0.497 e. The van der Waals surface area contributed by atoms with Gasteiger partial charge in [-0.15, -0.1) is 0 Å². The van der Waals surface area contributed by atoms with Crippen LogP contribution < -0.4 is 10.1 Å². The van der Waals surface area contributed by atoms with Crippen molar-refractivity contribution in [1.29, 1.82) is 0 Å². The summed E-state index contributed by atoms with van der Waals surface area (Å²) in [7, 11) is 1.62. The maximum absolute atomic E-state index is 12.4. The number of aromatic nitrogens is 2. The third-order valence-corrected chi connectivity index (χ3v) is 3.76. The number of pyridine rings is 1. The number of H-pyrrole nitrogens is 1. The van der Waals surface area contributed by atoms with Crippen molar-refractivity contribution in [3.8, 4) is 5.75 Å². The summed E-state index contributed by atoms with van der Waals surface area (Å²) < 4.78 is 6.01. The van der Waals surface area contributed by atoms with Crippen molar-refractivity contribution < 1.29 is 9.53 Å². The molecule has 0 radical (unpaired) electrons. The van der Waals surface area contributed by atoms with E-state index >= 15 is 0 Å². The second-order valence-electron chi connectivity index (χ2n) is 4.79. The fraction of sp³-hybridized carbons (Fsp3) is 0.125. The van der Waals surface area contributed by atoms with Crippen LogP contribution in [0.15, 0.2) is 47.2 Å². The Hall–Kier alpha value is -2.34. The zero-order chi connectivity index (χ0) is 15.5. The minimum absolute atomic E-state index is 0.144. The van der Waals surface area contributed by atoms with Crippen LogP contribution in [0.4, 0.5) is 0 Å². The van der Waals surface area contributed by atoms with Crippen molar-refractivity contribution in [2.24, 2.45) is 0 Å². The number of nitrogens with one attached hydrogen (secondary N) is 2. The van der Waals surface area contributed by atoms with E-state index in [-0.39, 0.29) is 5.91 Å². The average Bonchev–Trinajstić information content (AvgIpc) is 2.96. The molecule has 0 unspecified atom stereocenters. The molecule has 0 bridgehead atoms. The number of methoxy groups -OCH3 is 1. The van der Waals surface area contributed by atoms with Crippen LogP contribution in [0.2, 0.25) is 0 Å². The Morgan fingerprint density at radius 3 is 3.09 bits per heavy atom. The molecule has 22 heavy (non-hydrogen) atoms. The van der Waals surface area contributed by atoms with Gasteiger partial charge in [0.2, 0.25) is 0 Å². The van der Waals surface area contributed by atoms with Gasteiger partial charge in [0, 0.05) is 28.8 Å². The SMILES string of the molecule is COc1cccc(CNC(=O)c2c[nH]c3ncc(Br)cc23)c1. The molecule has 3 aromatic rings. The molecule has 2 heterocycles. The lowest BCUT2D eigenvalue weighted by molar-refractivity contribution is 0.0952. The highest BCUT2D eigenvalue weighted by Crippen LogP contribution is 2.20. The minimum Gasteiger partial charge on any atom is -0.497 e. The number of benzene rings is 1. The lowest BCUT2D eigenvalue weighted by Crippen LogP contribution is -2.22. The van der Waals surface area contributed by atoms with Crippen LogP contribution in [-0.4, -0.2) is 23.0 Å². The van der Waals surface area contributed by atoms with Crippen LogP contribution in [0.1, 0.15) is 15.9 Å². The van der Waals surface area contributed by atoms with Crippen LogP contribution in [0.3, 0.4) is 0 Å². The normalized spacial score (nSPS) is 10.6. The van der Waals surface area contributed by atoms with Crippen molar-refractivity contribution >= 4 is 32.9 Å². The van der Waals surface area contributed by atoms with Crippen LogP contribution in [0, 0.1) is 0 Å². The Morgan fingerprint density at radius 2 is 2.27 bits per heavy atom. The fourth-order valence-electron chi connectivity index (χ4n) is 2.23. The zero-order valence-corrected chi connectivity index (χ0v) is 13.5. The van der Waals surface area contributed by atoms with E-state index in [0.29, 0.717) is 17.8 Å². The van der Waals surface area contributed by atoms with Gasteiger partial charge in [0.05, 0.1) is 12.7 Å². The van der Waals surface area contributed by atoms with E-state index in [1.54, 1.807) is 19.5 Å². The summed E-state index contributed by atoms with van der Waals surface area (Å²) in [5.41, 5.74) is 2.24. The molecule has 0 saturated heterocycles. The van der Waals surface area contributed by atoms with Crippen LogP contribution in [-0.2, 0) is 6.54 Å². The molecule has 5 nitrogen and oxygen atoms in total. The summed E-state index contributed by atoms with van der Waals surface area (Å²) in [6.07, 6.45) is 3.36. The second-order valence-corrected chi connectivity index (χ2v) is 5.70. The van der Waals surface area contributed by atoms with Crippen molar-refractivity contribution in [3.05, 3.63) is 58.3 Å². The third kappa shape index (κ3) is 2.96. The number of hydrogen-bond donors (Lipinski definition) is 2. The van der Waals surface area contributed by atoms with Crippen molar-refractivity contribution in [2.75, 3.05) is 7.11 Å². The molecular formula is C16H14BrN3O2. The van der Waals surface area contributed by atoms with E-state index in [4.69, 9.17) is 4.74 Å². The van der Waals surface area contributed by atoms with Gasteiger partial charge in [0.1, 0.15) is 11.4 Å². The molecule has 1 aromatic carbocycles. The first-order valence-corrected chi connectivity index (χ1v) is 7.50. The van der Waals surface area contributed by atoms with E-state index in [2.05, 4.69) is 31.2 Å². The standard InChI is InChI=1S/C16H14BrN3O2/c1-22-12-4-2-3-10(5-12)7-20-16(21)14-9-19-15-13(14)6-11(17)8-18-15/h2-6,8-9H,7H2,1H3,(H,18,19)(H,20,21). The van der Waals surface area contributed by atoms with Crippen LogP contribution >= 0.6 is 15.9 Å². The van der Waals surface area contributed by atoms with Gasteiger partial charge in [0.25, 0.3) is 5.91 Å². The van der Waals surface area contributed by atoms with Gasteiger partial charge >= 0.3 is 0 Å². The Balaban J connectivity index is 1.77. The monoisotopic (exact) mass is 359 g/mol. The molecule has 2 N–H and O–H groups in total. The molecule has 0 aliphatic heterocycles. The first-order valence-electron chi connectivity index (χ1n) is 6.71. The summed E-state index contributed by atoms with van der Waals surface area (Å²) >= 11 is 3.37. The Bertz CT molecular complexity index is 829. The molecule has 2 aromatic heterocycles. The predicted octanol–water partition coefficient (Wildman–Crippen LogP) is 3.26. The molecule has 0 spiro atoms. The number of hydrogen-bond acceptors (Lipinski definition) is 3. The number of fused-ring (bicyclic) bond motifs is 1. The Labute approximate surface area is 135 Å². The summed E-state index contributed by atoms with van der Waals surface area (Å²) in [4.78, 5) is 19.6. The first kappa shape index (κ1) is 14.6. The lowest BCUT2D eigenvalue weighted by Gasteiger charge is -2.06. The van der Waals surface area contributed by atoms with Gasteiger partial charge in [-0.2, -0.15) is 0 Å². The molecule has 0 saturated carbocycles. The van der Waals surface area contributed by atoms with E-state index in [1.807, 2.05) is 30.3 Å². The molecule has 6 heteroatoms. The molecule has 0 aliphatic carbocycles. The first-order chi connectivity index (χ1) is 10.7. The van der Waals surface area contributed by atoms with Gasteiger partial charge in [0.15, 0.2) is 0 Å². The van der Waals surface area contributed by atoms with Crippen molar-refractivity contribution in [3.63, 3.8) is 0 Å². The highest BCUT2D eigenvalue weighted by Gasteiger charge is 2.12. The van der Waals surface area contributed by atoms with E-state index in [9.17, 15) is 4.79 Å². The van der Waals surface area contributed by atoms with Crippen LogP contribution in [0.5, 0.6) is 5.75 Å². The maximum atomic E-state index is 12.4. The number of aromatic amines is 1. The van der Waals surface area contributed by atoms with Gasteiger partial charge in [-0.25, -0.2) is 4.98 Å². The molecule has 0 aliphatic rings. The van der Waals surface area contributed by atoms with Gasteiger partial charge in [-0.1, -0.05) is 12.1 Å². The second kappa shape index (κ2) is 6.19. The Morgan fingerprint density at radius 1 is 1.41 bits per heavy atom. The zero-order valence-electron chi connectivity index (χ0n) is 11.9. The fourth-order valence-corrected chi connectivity index (χ4v) is 2.56. The number of carbonyl (C=O) groups is 1. The molecule has 0 fully saturated rings. The number of halogens is 1. The van der Waals surface area contributed by atoms with E-state index < -0.39 is 0 Å². The Kier molecular flexibility index (Phi) is 4.11. The number of ether oxygens (including phenoxy) is 1. The third-order valence-electron chi connectivity index (χ3n) is 3.33. The van der Waals surface area contributed by atoms with Gasteiger partial charge in [-0.05, 0) is 39.7 Å². The minimum atomic E-state index is -0.144. The predicted molar refractivity (Wildman–Crippen MR) is 88.0 cm³/mol. The van der Waals surface area contributed by atoms with Crippen LogP contribution in [0.25, 0.3) is 11.0 Å². The molecular weight excluding hydrogens is 346 g/mol. The highest BCUT2D eigenvalue weighted by molar-refractivity contribution is 9.10. The summed E-state index contributed by atoms with van der Waals surface area (Å²) in [6.45, 7) is 0.435. The molecule has 3 rings (SSSR count). The molecule has 1 amide bonds. The average molecular weight is 360 g/mol. The van der Waals surface area contributed by atoms with Crippen molar-refractivity contribution in [2.45, 2.75) is 6.54 Å². The van der Waals surface area contributed by atoms with E-state index in [1.165, 1.54) is 0 Å². The van der Waals surface area contributed by atoms with E-state index in [0.717, 1.165) is 21.2 Å². The topological polar surface area (TPSA) is 67.0 Å². The number of amides is 1. The van der Waals surface area contributed by atoms with Crippen molar-refractivity contribution in [1.82, 2.24) is 15.3 Å². The number of carbonyl (C=O) groups excluding carboxylic acids is 1. The summed E-state index contributed by atoms with van der Waals surface area (Å²) in [6, 6.07) is 9.48. The number of rotatable bonds is 4. The maximum Gasteiger partial charge on any atom is 0.253 e. The van der Waals surface area contributed by atoms with Gasteiger partial charge < -0.3 is 15.0 Å². The summed E-state index contributed by atoms with van der Waals surface area (Å²) in [5.74, 6) is 0.626. The quantitative estimate of drug-likeness (QED) is 0.751.